The predicted octanol–water partition coefficient (Wildman–Crippen LogP) is 1.84. The Labute approximate surface area is 81.9 Å². The van der Waals surface area contributed by atoms with Gasteiger partial charge in [-0.15, -0.1) is 0 Å². The summed E-state index contributed by atoms with van der Waals surface area (Å²) in [6, 6.07) is 4.39. The van der Waals surface area contributed by atoms with Gasteiger partial charge in [-0.2, -0.15) is 0 Å². The maximum Gasteiger partial charge on any atom is 0.163 e. The van der Waals surface area contributed by atoms with Gasteiger partial charge in [0.15, 0.2) is 5.78 Å². The fourth-order valence-electron chi connectivity index (χ4n) is 1.97. The van der Waals surface area contributed by atoms with Crippen molar-refractivity contribution in [1.29, 1.82) is 0 Å². The van der Waals surface area contributed by atoms with E-state index in [1.54, 1.807) is 6.07 Å². The molecule has 0 fully saturated rings. The van der Waals surface area contributed by atoms with E-state index in [4.69, 9.17) is 5.73 Å². The predicted molar refractivity (Wildman–Crippen MR) is 51.8 cm³/mol. The average molecular weight is 193 g/mol. The smallest absolute Gasteiger partial charge is 0.163 e. The molecular formula is C11H12FNO. The second kappa shape index (κ2) is 3.50. The number of carbonyl (C=O) groups is 1. The summed E-state index contributed by atoms with van der Waals surface area (Å²) < 4.78 is 12.9. The Hall–Kier alpha value is -1.22. The molecule has 0 aliphatic heterocycles. The van der Waals surface area contributed by atoms with E-state index in [1.807, 2.05) is 0 Å². The van der Waals surface area contributed by atoms with Crippen LogP contribution in [0.25, 0.3) is 0 Å². The van der Waals surface area contributed by atoms with Gasteiger partial charge in [0.1, 0.15) is 5.82 Å². The summed E-state index contributed by atoms with van der Waals surface area (Å²) in [6.45, 7) is 0.520. The lowest BCUT2D eigenvalue weighted by Crippen LogP contribution is -2.21. The highest BCUT2D eigenvalue weighted by molar-refractivity contribution is 5.98. The number of carbonyl (C=O) groups excluding carboxylic acids is 1. The van der Waals surface area contributed by atoms with Gasteiger partial charge in [0.05, 0.1) is 0 Å². The van der Waals surface area contributed by atoms with E-state index >= 15 is 0 Å². The van der Waals surface area contributed by atoms with E-state index in [1.165, 1.54) is 12.1 Å². The van der Waals surface area contributed by atoms with Gasteiger partial charge in [0.25, 0.3) is 0 Å². The highest BCUT2D eigenvalue weighted by Crippen LogP contribution is 2.30. The van der Waals surface area contributed by atoms with Crippen molar-refractivity contribution >= 4 is 5.78 Å². The Balaban J connectivity index is 2.51. The summed E-state index contributed by atoms with van der Waals surface area (Å²) in [5.74, 6) is -0.109. The summed E-state index contributed by atoms with van der Waals surface area (Å²) in [5, 5.41) is 0. The molecule has 0 heterocycles. The molecule has 2 nitrogen and oxygen atoms in total. The molecule has 0 bridgehead atoms. The van der Waals surface area contributed by atoms with E-state index in [2.05, 4.69) is 0 Å². The van der Waals surface area contributed by atoms with E-state index in [9.17, 15) is 9.18 Å². The van der Waals surface area contributed by atoms with Crippen LogP contribution in [-0.2, 0) is 0 Å². The Morgan fingerprint density at radius 2 is 2.29 bits per heavy atom. The first-order valence-electron chi connectivity index (χ1n) is 4.75. The van der Waals surface area contributed by atoms with E-state index < -0.39 is 0 Å². The van der Waals surface area contributed by atoms with Crippen molar-refractivity contribution in [2.24, 2.45) is 5.73 Å². The van der Waals surface area contributed by atoms with Crippen LogP contribution in [0, 0.1) is 5.82 Å². The SMILES string of the molecule is NCC1CCC(=O)c2cc(F)ccc21. The van der Waals surface area contributed by atoms with Crippen LogP contribution in [-0.4, -0.2) is 12.3 Å². The van der Waals surface area contributed by atoms with Crippen LogP contribution >= 0.6 is 0 Å². The number of nitrogens with two attached hydrogens (primary N) is 1. The number of hydrogen-bond acceptors (Lipinski definition) is 2. The third-order valence-electron chi connectivity index (χ3n) is 2.76. The van der Waals surface area contributed by atoms with Crippen molar-refractivity contribution in [2.75, 3.05) is 6.54 Å². The first kappa shape index (κ1) is 9.34. The summed E-state index contributed by atoms with van der Waals surface area (Å²) >= 11 is 0. The molecule has 14 heavy (non-hydrogen) atoms. The van der Waals surface area contributed by atoms with E-state index in [0.717, 1.165) is 12.0 Å². The number of Topliss-reactive ketones (excluding diaryl/α,β-unsaturated/α-hetero) is 1. The molecule has 3 heteroatoms. The highest BCUT2D eigenvalue weighted by Gasteiger charge is 2.24. The zero-order chi connectivity index (χ0) is 10.1. The number of fused-ring (bicyclic) bond motifs is 1. The van der Waals surface area contributed by atoms with Crippen molar-refractivity contribution < 1.29 is 9.18 Å². The molecule has 1 aromatic carbocycles. The zero-order valence-electron chi connectivity index (χ0n) is 7.79. The van der Waals surface area contributed by atoms with Gasteiger partial charge < -0.3 is 5.73 Å². The van der Waals surface area contributed by atoms with Gasteiger partial charge in [0.2, 0.25) is 0 Å². The molecule has 0 spiro atoms. The van der Waals surface area contributed by atoms with Gasteiger partial charge in [-0.1, -0.05) is 6.07 Å². The van der Waals surface area contributed by atoms with Crippen LogP contribution in [0.4, 0.5) is 4.39 Å². The monoisotopic (exact) mass is 193 g/mol. The van der Waals surface area contributed by atoms with Gasteiger partial charge in [-0.05, 0) is 36.6 Å². The quantitative estimate of drug-likeness (QED) is 0.739. The highest BCUT2D eigenvalue weighted by atomic mass is 19.1. The molecule has 1 aliphatic carbocycles. The van der Waals surface area contributed by atoms with Crippen LogP contribution in [0.5, 0.6) is 0 Å². The number of halogens is 1. The fourth-order valence-corrected chi connectivity index (χ4v) is 1.97. The summed E-state index contributed by atoms with van der Waals surface area (Å²) in [7, 11) is 0. The van der Waals surface area contributed by atoms with Crippen LogP contribution in [0.2, 0.25) is 0 Å². The fraction of sp³-hybridized carbons (Fsp3) is 0.364. The maximum absolute atomic E-state index is 12.9. The van der Waals surface area contributed by atoms with Crippen LogP contribution in [0.3, 0.4) is 0 Å². The molecule has 2 rings (SSSR count). The van der Waals surface area contributed by atoms with Crippen LogP contribution in [0.1, 0.15) is 34.7 Å². The Bertz CT molecular complexity index is 376. The molecule has 1 aliphatic rings. The minimum atomic E-state index is -0.352. The molecular weight excluding hydrogens is 181 g/mol. The lowest BCUT2D eigenvalue weighted by Gasteiger charge is -2.23. The lowest BCUT2D eigenvalue weighted by molar-refractivity contribution is 0.0967. The number of rotatable bonds is 1. The maximum atomic E-state index is 12.9. The molecule has 0 radical (unpaired) electrons. The van der Waals surface area contributed by atoms with Crippen LogP contribution < -0.4 is 5.73 Å². The molecule has 74 valence electrons. The first-order chi connectivity index (χ1) is 6.72. The summed E-state index contributed by atoms with van der Waals surface area (Å²) in [4.78, 5) is 11.5. The largest absolute Gasteiger partial charge is 0.330 e. The van der Waals surface area contributed by atoms with Crippen molar-refractivity contribution in [1.82, 2.24) is 0 Å². The van der Waals surface area contributed by atoms with Crippen LogP contribution in [0.15, 0.2) is 18.2 Å². The third kappa shape index (κ3) is 1.44. The minimum absolute atomic E-state index is 0.0317. The van der Waals surface area contributed by atoms with Crippen molar-refractivity contribution in [3.63, 3.8) is 0 Å². The topological polar surface area (TPSA) is 43.1 Å². The van der Waals surface area contributed by atoms with Gasteiger partial charge >= 0.3 is 0 Å². The molecule has 1 aromatic rings. The van der Waals surface area contributed by atoms with Crippen molar-refractivity contribution in [3.8, 4) is 0 Å². The zero-order valence-corrected chi connectivity index (χ0v) is 7.79. The minimum Gasteiger partial charge on any atom is -0.330 e. The molecule has 0 amide bonds. The second-order valence-corrected chi connectivity index (χ2v) is 3.63. The van der Waals surface area contributed by atoms with E-state index in [0.29, 0.717) is 18.5 Å². The average Bonchev–Trinajstić information content (AvgIpc) is 2.19. The third-order valence-corrected chi connectivity index (χ3v) is 2.76. The Morgan fingerprint density at radius 1 is 1.50 bits per heavy atom. The van der Waals surface area contributed by atoms with E-state index in [-0.39, 0.29) is 17.5 Å². The van der Waals surface area contributed by atoms with Gasteiger partial charge in [-0.25, -0.2) is 4.39 Å². The normalized spacial score (nSPS) is 20.7. The molecule has 1 unspecified atom stereocenters. The number of hydrogen-bond donors (Lipinski definition) is 1. The molecule has 0 saturated heterocycles. The number of benzene rings is 1. The second-order valence-electron chi connectivity index (χ2n) is 3.63. The molecule has 2 N–H and O–H groups in total. The molecule has 0 aromatic heterocycles. The van der Waals surface area contributed by atoms with Gasteiger partial charge in [-0.3, -0.25) is 4.79 Å². The first-order valence-corrected chi connectivity index (χ1v) is 4.75. The van der Waals surface area contributed by atoms with Crippen molar-refractivity contribution in [2.45, 2.75) is 18.8 Å². The molecule has 0 saturated carbocycles. The lowest BCUT2D eigenvalue weighted by atomic mass is 9.82. The summed E-state index contributed by atoms with van der Waals surface area (Å²) in [5.41, 5.74) is 7.02. The Kier molecular flexibility index (Phi) is 2.33. The van der Waals surface area contributed by atoms with Crippen molar-refractivity contribution in [3.05, 3.63) is 35.1 Å². The standard InChI is InChI=1S/C11H12FNO/c12-8-2-3-9-7(6-13)1-4-11(14)10(9)5-8/h2-3,5,7H,1,4,6,13H2. The number of ketones is 1. The Morgan fingerprint density at radius 3 is 3.00 bits per heavy atom. The molecule has 1 atom stereocenters. The van der Waals surface area contributed by atoms with Gasteiger partial charge in [0, 0.05) is 12.0 Å². The summed E-state index contributed by atoms with van der Waals surface area (Å²) in [6.07, 6.45) is 1.27.